The van der Waals surface area contributed by atoms with E-state index in [0.29, 0.717) is 10.9 Å². The third-order valence-corrected chi connectivity index (χ3v) is 2.86. The zero-order chi connectivity index (χ0) is 15.6. The van der Waals surface area contributed by atoms with Crippen molar-refractivity contribution in [1.82, 2.24) is 9.78 Å². The SMILES string of the molecule is CCOC(=O)Cn1nc(C(C)=O)c2cc([N+](=O)[O-])ccc21. The average molecular weight is 291 g/mol. The number of nitro groups is 1. The highest BCUT2D eigenvalue weighted by Gasteiger charge is 2.19. The number of non-ortho nitro benzene ring substituents is 1. The van der Waals surface area contributed by atoms with Gasteiger partial charge in [0.25, 0.3) is 5.69 Å². The van der Waals surface area contributed by atoms with Gasteiger partial charge in [-0.05, 0) is 13.0 Å². The lowest BCUT2D eigenvalue weighted by atomic mass is 10.1. The summed E-state index contributed by atoms with van der Waals surface area (Å²) in [5.41, 5.74) is 0.428. The summed E-state index contributed by atoms with van der Waals surface area (Å²) in [7, 11) is 0. The maximum absolute atomic E-state index is 11.6. The fourth-order valence-corrected chi connectivity index (χ4v) is 1.99. The van der Waals surface area contributed by atoms with Crippen LogP contribution in [0.4, 0.5) is 5.69 Å². The maximum atomic E-state index is 11.6. The molecule has 1 aromatic carbocycles. The summed E-state index contributed by atoms with van der Waals surface area (Å²) in [4.78, 5) is 33.4. The van der Waals surface area contributed by atoms with Crippen LogP contribution < -0.4 is 0 Å². The smallest absolute Gasteiger partial charge is 0.327 e. The highest BCUT2D eigenvalue weighted by Crippen LogP contribution is 2.24. The van der Waals surface area contributed by atoms with Gasteiger partial charge in [-0.25, -0.2) is 0 Å². The highest BCUT2D eigenvalue weighted by atomic mass is 16.6. The lowest BCUT2D eigenvalue weighted by Crippen LogP contribution is -2.14. The van der Waals surface area contributed by atoms with Gasteiger partial charge in [-0.15, -0.1) is 0 Å². The lowest BCUT2D eigenvalue weighted by Gasteiger charge is -2.03. The molecule has 0 atom stereocenters. The number of hydrogen-bond donors (Lipinski definition) is 0. The highest BCUT2D eigenvalue weighted by molar-refractivity contribution is 6.05. The fourth-order valence-electron chi connectivity index (χ4n) is 1.99. The molecule has 0 bridgehead atoms. The molecular weight excluding hydrogens is 278 g/mol. The second kappa shape index (κ2) is 5.70. The predicted octanol–water partition coefficient (Wildman–Crippen LogP) is 1.71. The number of carbonyl (C=O) groups excluding carboxylic acids is 2. The summed E-state index contributed by atoms with van der Waals surface area (Å²) in [5, 5.41) is 15.2. The Morgan fingerprint density at radius 2 is 2.14 bits per heavy atom. The summed E-state index contributed by atoms with van der Waals surface area (Å²) in [6.07, 6.45) is 0. The minimum atomic E-state index is -0.550. The van der Waals surface area contributed by atoms with E-state index >= 15 is 0 Å². The number of Topliss-reactive ketones (excluding diaryl/α,β-unsaturated/α-hetero) is 1. The van der Waals surface area contributed by atoms with Gasteiger partial charge in [-0.2, -0.15) is 5.10 Å². The molecule has 0 N–H and O–H groups in total. The van der Waals surface area contributed by atoms with Crippen LogP contribution in [0.1, 0.15) is 24.3 Å². The van der Waals surface area contributed by atoms with Gasteiger partial charge in [-0.3, -0.25) is 24.4 Å². The molecule has 0 aliphatic heterocycles. The van der Waals surface area contributed by atoms with Crippen molar-refractivity contribution in [2.45, 2.75) is 20.4 Å². The van der Waals surface area contributed by atoms with Crippen molar-refractivity contribution in [3.8, 4) is 0 Å². The molecule has 2 rings (SSSR count). The number of rotatable bonds is 5. The van der Waals surface area contributed by atoms with Crippen LogP contribution in [0, 0.1) is 10.1 Å². The Kier molecular flexibility index (Phi) is 3.97. The third kappa shape index (κ3) is 2.88. The molecule has 0 amide bonds. The first-order valence-electron chi connectivity index (χ1n) is 6.25. The van der Waals surface area contributed by atoms with Crippen LogP contribution in [0.25, 0.3) is 10.9 Å². The first-order valence-corrected chi connectivity index (χ1v) is 6.25. The molecule has 0 unspecified atom stereocenters. The summed E-state index contributed by atoms with van der Waals surface area (Å²) < 4.78 is 6.15. The number of benzene rings is 1. The van der Waals surface area contributed by atoms with Gasteiger partial charge in [-0.1, -0.05) is 0 Å². The van der Waals surface area contributed by atoms with E-state index < -0.39 is 10.9 Å². The normalized spacial score (nSPS) is 10.6. The average Bonchev–Trinajstić information content (AvgIpc) is 2.77. The standard InChI is InChI=1S/C13H13N3O5/c1-3-21-12(18)7-15-11-5-4-9(16(19)20)6-10(11)13(14-15)8(2)17/h4-6H,3,7H2,1-2H3. The summed E-state index contributed by atoms with van der Waals surface area (Å²) in [6.45, 7) is 3.08. The van der Waals surface area contributed by atoms with Crippen molar-refractivity contribution in [2.24, 2.45) is 0 Å². The van der Waals surface area contributed by atoms with E-state index in [0.717, 1.165) is 0 Å². The molecule has 0 saturated carbocycles. The van der Waals surface area contributed by atoms with Crippen molar-refractivity contribution in [3.05, 3.63) is 34.0 Å². The van der Waals surface area contributed by atoms with Crippen LogP contribution in [0.15, 0.2) is 18.2 Å². The molecule has 8 nitrogen and oxygen atoms in total. The van der Waals surface area contributed by atoms with E-state index in [2.05, 4.69) is 5.10 Å². The van der Waals surface area contributed by atoms with Crippen LogP contribution in [0.5, 0.6) is 0 Å². The van der Waals surface area contributed by atoms with Crippen LogP contribution >= 0.6 is 0 Å². The van der Waals surface area contributed by atoms with Crippen molar-refractivity contribution in [3.63, 3.8) is 0 Å². The van der Waals surface area contributed by atoms with Crippen molar-refractivity contribution < 1.29 is 19.2 Å². The summed E-state index contributed by atoms with van der Waals surface area (Å²) in [5.74, 6) is -0.821. The molecule has 0 aliphatic rings. The number of aromatic nitrogens is 2. The zero-order valence-electron chi connectivity index (χ0n) is 11.5. The molecule has 8 heteroatoms. The van der Waals surface area contributed by atoms with Crippen LogP contribution in [-0.2, 0) is 16.1 Å². The van der Waals surface area contributed by atoms with Gasteiger partial charge in [0.15, 0.2) is 5.78 Å². The lowest BCUT2D eigenvalue weighted by molar-refractivity contribution is -0.384. The number of carbonyl (C=O) groups is 2. The topological polar surface area (TPSA) is 104 Å². The van der Waals surface area contributed by atoms with Gasteiger partial charge in [0.2, 0.25) is 0 Å². The minimum absolute atomic E-state index is 0.0954. The number of nitro benzene ring substituents is 1. The number of fused-ring (bicyclic) bond motifs is 1. The molecule has 2 aromatic rings. The maximum Gasteiger partial charge on any atom is 0.327 e. The zero-order valence-corrected chi connectivity index (χ0v) is 11.5. The van der Waals surface area contributed by atoms with E-state index in [-0.39, 0.29) is 30.3 Å². The fraction of sp³-hybridized carbons (Fsp3) is 0.308. The number of nitrogens with zero attached hydrogens (tertiary/aromatic N) is 3. The molecule has 1 aromatic heterocycles. The molecule has 0 fully saturated rings. The molecule has 0 saturated heterocycles. The van der Waals surface area contributed by atoms with Gasteiger partial charge in [0.1, 0.15) is 12.2 Å². The van der Waals surface area contributed by atoms with Crippen molar-refractivity contribution in [2.75, 3.05) is 6.61 Å². The second-order valence-electron chi connectivity index (χ2n) is 4.33. The molecular formula is C13H13N3O5. The van der Waals surface area contributed by atoms with Crippen molar-refractivity contribution in [1.29, 1.82) is 0 Å². The van der Waals surface area contributed by atoms with E-state index in [1.54, 1.807) is 6.92 Å². The van der Waals surface area contributed by atoms with Crippen LogP contribution in [0.3, 0.4) is 0 Å². The Morgan fingerprint density at radius 3 is 2.71 bits per heavy atom. The van der Waals surface area contributed by atoms with E-state index in [9.17, 15) is 19.7 Å². The molecule has 1 heterocycles. The molecule has 0 aliphatic carbocycles. The second-order valence-corrected chi connectivity index (χ2v) is 4.33. The quantitative estimate of drug-likeness (QED) is 0.359. The Labute approximate surface area is 119 Å². The molecule has 21 heavy (non-hydrogen) atoms. The molecule has 0 spiro atoms. The van der Waals surface area contributed by atoms with Gasteiger partial charge in [0.05, 0.1) is 17.0 Å². The molecule has 110 valence electrons. The van der Waals surface area contributed by atoms with Gasteiger partial charge in [0, 0.05) is 24.4 Å². The van der Waals surface area contributed by atoms with Gasteiger partial charge < -0.3 is 4.74 Å². The van der Waals surface area contributed by atoms with E-state index in [1.807, 2.05) is 0 Å². The number of ketones is 1. The number of hydrogen-bond acceptors (Lipinski definition) is 6. The van der Waals surface area contributed by atoms with Crippen molar-refractivity contribution >= 4 is 28.3 Å². The molecule has 0 radical (unpaired) electrons. The van der Waals surface area contributed by atoms with Crippen LogP contribution in [-0.4, -0.2) is 33.1 Å². The minimum Gasteiger partial charge on any atom is -0.465 e. The Hall–Kier alpha value is -2.77. The van der Waals surface area contributed by atoms with Gasteiger partial charge >= 0.3 is 5.97 Å². The van der Waals surface area contributed by atoms with Crippen LogP contribution in [0.2, 0.25) is 0 Å². The largest absolute Gasteiger partial charge is 0.465 e. The first-order chi connectivity index (χ1) is 9.93. The number of ether oxygens (including phenoxy) is 1. The predicted molar refractivity (Wildman–Crippen MR) is 73.0 cm³/mol. The Balaban J connectivity index is 2.55. The van der Waals surface area contributed by atoms with E-state index in [1.165, 1.54) is 29.8 Å². The summed E-state index contributed by atoms with van der Waals surface area (Å²) >= 11 is 0. The monoisotopic (exact) mass is 291 g/mol. The Bertz CT molecular complexity index is 735. The third-order valence-electron chi connectivity index (χ3n) is 2.86. The first kappa shape index (κ1) is 14.6. The summed E-state index contributed by atoms with van der Waals surface area (Å²) in [6, 6.07) is 4.04. The van der Waals surface area contributed by atoms with E-state index in [4.69, 9.17) is 4.74 Å². The Morgan fingerprint density at radius 1 is 1.43 bits per heavy atom. The number of esters is 1.